The Bertz CT molecular complexity index is 123. The summed E-state index contributed by atoms with van der Waals surface area (Å²) in [6.45, 7) is 9.76. The van der Waals surface area contributed by atoms with Crippen LogP contribution in [-0.4, -0.2) is 19.5 Å². The topological polar surface area (TPSA) is 18.5 Å². The van der Waals surface area contributed by atoms with Crippen LogP contribution in [0.1, 0.15) is 26.7 Å². The molecule has 1 aliphatic heterocycles. The molecule has 0 N–H and O–H groups in total. The molecule has 0 aromatic carbocycles. The van der Waals surface area contributed by atoms with Crippen LogP contribution >= 0.6 is 0 Å². The molecule has 0 aromatic heterocycles. The van der Waals surface area contributed by atoms with Crippen LogP contribution in [0.25, 0.3) is 0 Å². The van der Waals surface area contributed by atoms with Crippen LogP contribution in [0.5, 0.6) is 0 Å². The van der Waals surface area contributed by atoms with Crippen molar-refractivity contribution in [3.63, 3.8) is 0 Å². The molecule has 2 unspecified atom stereocenters. The van der Waals surface area contributed by atoms with Crippen molar-refractivity contribution in [2.75, 3.05) is 13.2 Å². The van der Waals surface area contributed by atoms with Gasteiger partial charge >= 0.3 is 0 Å². The van der Waals surface area contributed by atoms with Crippen LogP contribution in [0.15, 0.2) is 0 Å². The second-order valence-electron chi connectivity index (χ2n) is 3.76. The van der Waals surface area contributed by atoms with E-state index in [-0.39, 0.29) is 6.29 Å². The van der Waals surface area contributed by atoms with Crippen LogP contribution < -0.4 is 0 Å². The van der Waals surface area contributed by atoms with E-state index in [2.05, 4.69) is 20.8 Å². The first-order valence-corrected chi connectivity index (χ1v) is 4.76. The van der Waals surface area contributed by atoms with Gasteiger partial charge in [-0.3, -0.25) is 0 Å². The third-order valence-electron chi connectivity index (χ3n) is 2.26. The summed E-state index contributed by atoms with van der Waals surface area (Å²) in [5, 5.41) is 0. The van der Waals surface area contributed by atoms with Gasteiger partial charge in [-0.2, -0.15) is 0 Å². The fraction of sp³-hybridized carbons (Fsp3) is 0.900. The minimum absolute atomic E-state index is 0.00144. The average Bonchev–Trinajstić information content (AvgIpc) is 2.28. The van der Waals surface area contributed by atoms with Crippen molar-refractivity contribution in [1.82, 2.24) is 0 Å². The van der Waals surface area contributed by atoms with E-state index in [9.17, 15) is 0 Å². The van der Waals surface area contributed by atoms with Gasteiger partial charge in [-0.15, -0.1) is 0 Å². The Balaban J connectivity index is 2.34. The number of rotatable bonds is 2. The Labute approximate surface area is 75.2 Å². The summed E-state index contributed by atoms with van der Waals surface area (Å²) in [7, 11) is 0. The van der Waals surface area contributed by atoms with Crippen molar-refractivity contribution >= 4 is 0 Å². The highest BCUT2D eigenvalue weighted by atomic mass is 16.7. The van der Waals surface area contributed by atoms with Crippen LogP contribution in [-0.2, 0) is 9.47 Å². The Morgan fingerprint density at radius 3 is 2.75 bits per heavy atom. The first-order valence-electron chi connectivity index (χ1n) is 4.76. The number of hydrogen-bond donors (Lipinski definition) is 0. The zero-order valence-corrected chi connectivity index (χ0v) is 8.08. The molecular weight excluding hydrogens is 152 g/mol. The van der Waals surface area contributed by atoms with E-state index in [1.54, 1.807) is 0 Å². The number of hydrogen-bond acceptors (Lipinski definition) is 2. The second-order valence-corrected chi connectivity index (χ2v) is 3.76. The summed E-state index contributed by atoms with van der Waals surface area (Å²) in [6.07, 6.45) is 2.04. The molecule has 0 bridgehead atoms. The lowest BCUT2D eigenvalue weighted by Gasteiger charge is -2.19. The van der Waals surface area contributed by atoms with Crippen LogP contribution in [0.2, 0.25) is 0 Å². The van der Waals surface area contributed by atoms with Gasteiger partial charge < -0.3 is 9.47 Å². The fourth-order valence-corrected chi connectivity index (χ4v) is 1.33. The van der Waals surface area contributed by atoms with E-state index < -0.39 is 0 Å². The molecule has 1 saturated heterocycles. The van der Waals surface area contributed by atoms with Gasteiger partial charge in [0.25, 0.3) is 0 Å². The van der Waals surface area contributed by atoms with E-state index in [1.807, 2.05) is 0 Å². The molecular formula is C10H19O2. The summed E-state index contributed by atoms with van der Waals surface area (Å²) in [5.74, 6) is 1.04. The van der Waals surface area contributed by atoms with Crippen molar-refractivity contribution < 1.29 is 9.47 Å². The van der Waals surface area contributed by atoms with Crippen LogP contribution in [0.4, 0.5) is 0 Å². The molecule has 1 aliphatic rings. The van der Waals surface area contributed by atoms with Gasteiger partial charge in [-0.05, 0) is 18.8 Å². The van der Waals surface area contributed by atoms with Gasteiger partial charge in [-0.1, -0.05) is 20.8 Å². The Hall–Kier alpha value is -0.0800. The molecule has 2 heteroatoms. The molecule has 71 valence electrons. The first-order chi connectivity index (χ1) is 5.74. The highest BCUT2D eigenvalue weighted by Crippen LogP contribution is 2.18. The van der Waals surface area contributed by atoms with Crippen LogP contribution in [0.3, 0.4) is 0 Å². The van der Waals surface area contributed by atoms with Gasteiger partial charge in [-0.25, -0.2) is 0 Å². The lowest BCUT2D eigenvalue weighted by molar-refractivity contribution is -0.153. The molecule has 1 fully saturated rings. The molecule has 1 rings (SSSR count). The van der Waals surface area contributed by atoms with E-state index >= 15 is 0 Å². The highest BCUT2D eigenvalue weighted by molar-refractivity contribution is 4.64. The Kier molecular flexibility index (Phi) is 4.02. The number of ether oxygens (including phenoxy) is 2. The largest absolute Gasteiger partial charge is 0.352 e. The van der Waals surface area contributed by atoms with Crippen molar-refractivity contribution in [3.05, 3.63) is 6.92 Å². The third-order valence-corrected chi connectivity index (χ3v) is 2.26. The lowest BCUT2D eigenvalue weighted by atomic mass is 10.1. The Morgan fingerprint density at radius 2 is 2.17 bits per heavy atom. The van der Waals surface area contributed by atoms with E-state index in [0.717, 1.165) is 26.1 Å². The monoisotopic (exact) mass is 171 g/mol. The quantitative estimate of drug-likeness (QED) is 0.634. The molecule has 0 amide bonds. The zero-order chi connectivity index (χ0) is 8.97. The average molecular weight is 171 g/mol. The molecule has 0 aliphatic carbocycles. The summed E-state index contributed by atoms with van der Waals surface area (Å²) >= 11 is 0. The summed E-state index contributed by atoms with van der Waals surface area (Å²) in [5.41, 5.74) is 0. The maximum absolute atomic E-state index is 5.61. The summed E-state index contributed by atoms with van der Waals surface area (Å²) < 4.78 is 11.2. The molecule has 2 atom stereocenters. The Morgan fingerprint density at radius 1 is 1.42 bits per heavy atom. The minimum atomic E-state index is 0.00144. The highest BCUT2D eigenvalue weighted by Gasteiger charge is 2.20. The van der Waals surface area contributed by atoms with E-state index in [0.29, 0.717) is 11.8 Å². The third kappa shape index (κ3) is 2.76. The molecule has 0 saturated carbocycles. The fourth-order valence-electron chi connectivity index (χ4n) is 1.33. The molecule has 1 heterocycles. The predicted molar refractivity (Wildman–Crippen MR) is 48.6 cm³/mol. The van der Waals surface area contributed by atoms with Gasteiger partial charge in [0, 0.05) is 5.92 Å². The summed E-state index contributed by atoms with van der Waals surface area (Å²) in [6, 6.07) is 0. The smallest absolute Gasteiger partial charge is 0.159 e. The normalized spacial score (nSPS) is 32.0. The molecule has 0 spiro atoms. The molecule has 2 nitrogen and oxygen atoms in total. The SMILES string of the molecule is [CH2]CC1CCOC(C(C)C)OC1. The van der Waals surface area contributed by atoms with Gasteiger partial charge in [0.2, 0.25) is 0 Å². The second kappa shape index (κ2) is 4.83. The van der Waals surface area contributed by atoms with Gasteiger partial charge in [0.05, 0.1) is 13.2 Å². The maximum atomic E-state index is 5.61. The predicted octanol–water partition coefficient (Wildman–Crippen LogP) is 2.25. The standard InChI is InChI=1S/C10H19O2/c1-4-9-5-6-11-10(8(2)3)12-7-9/h8-10H,1,4-7H2,2-3H3. The summed E-state index contributed by atoms with van der Waals surface area (Å²) in [4.78, 5) is 0. The van der Waals surface area contributed by atoms with Crippen molar-refractivity contribution in [3.8, 4) is 0 Å². The molecule has 0 aromatic rings. The van der Waals surface area contributed by atoms with Crippen LogP contribution in [0, 0.1) is 18.8 Å². The van der Waals surface area contributed by atoms with Crippen molar-refractivity contribution in [2.24, 2.45) is 11.8 Å². The van der Waals surface area contributed by atoms with Crippen molar-refractivity contribution in [2.45, 2.75) is 33.0 Å². The van der Waals surface area contributed by atoms with Gasteiger partial charge in [0.15, 0.2) is 6.29 Å². The van der Waals surface area contributed by atoms with E-state index in [1.165, 1.54) is 0 Å². The molecule has 12 heavy (non-hydrogen) atoms. The van der Waals surface area contributed by atoms with E-state index in [4.69, 9.17) is 9.47 Å². The van der Waals surface area contributed by atoms with Gasteiger partial charge in [0.1, 0.15) is 0 Å². The lowest BCUT2D eigenvalue weighted by Crippen LogP contribution is -2.22. The maximum Gasteiger partial charge on any atom is 0.159 e. The van der Waals surface area contributed by atoms with Crippen molar-refractivity contribution in [1.29, 1.82) is 0 Å². The zero-order valence-electron chi connectivity index (χ0n) is 8.08. The minimum Gasteiger partial charge on any atom is -0.352 e. The first kappa shape index (κ1) is 10.0. The molecule has 1 radical (unpaired) electrons.